The van der Waals surface area contributed by atoms with Crippen LogP contribution in [0.4, 0.5) is 27.6 Å². The first-order valence-electron chi connectivity index (χ1n) is 15.3. The molecule has 2 saturated heterocycles. The van der Waals surface area contributed by atoms with Crippen molar-refractivity contribution in [3.8, 4) is 5.75 Å². The molecular weight excluding hydrogens is 583 g/mol. The maximum Gasteiger partial charge on any atom is 0.433 e. The smallest absolute Gasteiger partial charge is 0.433 e. The molecule has 3 aromatic rings. The van der Waals surface area contributed by atoms with Gasteiger partial charge in [0.1, 0.15) is 11.4 Å². The second kappa shape index (κ2) is 12.6. The Kier molecular flexibility index (Phi) is 8.78. The molecule has 4 heterocycles. The fourth-order valence-electron chi connectivity index (χ4n) is 7.12. The van der Waals surface area contributed by atoms with E-state index in [1.54, 1.807) is 6.20 Å². The number of carbonyl (C=O) groups excluding carboxylic acids is 1. The molecule has 13 heteroatoms. The first kappa shape index (κ1) is 30.7. The van der Waals surface area contributed by atoms with Gasteiger partial charge in [0.05, 0.1) is 17.2 Å². The molecule has 6 rings (SSSR count). The molecule has 2 N–H and O–H groups in total. The van der Waals surface area contributed by atoms with Gasteiger partial charge in [0.2, 0.25) is 0 Å². The topological polar surface area (TPSA) is 84.3 Å². The second-order valence-electron chi connectivity index (χ2n) is 12.5. The van der Waals surface area contributed by atoms with Gasteiger partial charge in [0, 0.05) is 37.3 Å². The van der Waals surface area contributed by atoms with E-state index in [4.69, 9.17) is 0 Å². The van der Waals surface area contributed by atoms with Crippen LogP contribution in [0.15, 0.2) is 36.5 Å². The van der Waals surface area contributed by atoms with Crippen molar-refractivity contribution in [3.63, 3.8) is 0 Å². The van der Waals surface area contributed by atoms with E-state index in [-0.39, 0.29) is 17.5 Å². The van der Waals surface area contributed by atoms with Crippen LogP contribution in [0.5, 0.6) is 5.75 Å². The highest BCUT2D eigenvalue weighted by molar-refractivity contribution is 6.05. The van der Waals surface area contributed by atoms with E-state index in [1.807, 2.05) is 4.68 Å². The summed E-state index contributed by atoms with van der Waals surface area (Å²) in [6, 6.07) is 5.79. The van der Waals surface area contributed by atoms with Crippen LogP contribution < -0.4 is 15.4 Å². The molecule has 1 aliphatic carbocycles. The lowest BCUT2D eigenvalue weighted by Crippen LogP contribution is -2.42. The Morgan fingerprint density at radius 3 is 2.48 bits per heavy atom. The summed E-state index contributed by atoms with van der Waals surface area (Å²) in [6.07, 6.45) is 6.77. The maximum absolute atomic E-state index is 13.2. The molecule has 3 aliphatic rings. The monoisotopic (exact) mass is 620 g/mol. The van der Waals surface area contributed by atoms with Crippen molar-refractivity contribution in [1.29, 1.82) is 0 Å². The van der Waals surface area contributed by atoms with Crippen molar-refractivity contribution < 1.29 is 31.5 Å². The molecule has 3 fully saturated rings. The van der Waals surface area contributed by atoms with Crippen molar-refractivity contribution in [1.82, 2.24) is 25.0 Å². The molecular formula is C31H37F5N6O2. The Bertz CT molecular complexity index is 1450. The summed E-state index contributed by atoms with van der Waals surface area (Å²) in [7, 11) is 0. The lowest BCUT2D eigenvalue weighted by atomic mass is 9.65. The number of anilines is 1. The normalized spacial score (nSPS) is 20.4. The molecule has 238 valence electrons. The van der Waals surface area contributed by atoms with E-state index in [1.165, 1.54) is 50.7 Å². The van der Waals surface area contributed by atoms with Gasteiger partial charge >= 0.3 is 12.8 Å². The van der Waals surface area contributed by atoms with Crippen molar-refractivity contribution in [2.75, 3.05) is 38.0 Å². The summed E-state index contributed by atoms with van der Waals surface area (Å²) in [6.45, 7) is 2.15. The third-order valence-corrected chi connectivity index (χ3v) is 9.64. The number of halogens is 5. The van der Waals surface area contributed by atoms with E-state index in [9.17, 15) is 26.7 Å². The molecule has 2 aliphatic heterocycles. The van der Waals surface area contributed by atoms with Gasteiger partial charge in [0.25, 0.3) is 5.91 Å². The Morgan fingerprint density at radius 1 is 1.07 bits per heavy atom. The number of hydrogen-bond donors (Lipinski definition) is 2. The SMILES string of the molecule is O=C(Nc1cc2cn(C3CCN(CC4CCC5(CCNCC5)CC4)CC3)nc2cc1OC(F)F)c1cccc(C(F)(F)F)n1. The highest BCUT2D eigenvalue weighted by Crippen LogP contribution is 2.45. The molecule has 0 radical (unpaired) electrons. The number of ether oxygens (including phenoxy) is 1. The number of fused-ring (bicyclic) bond motifs is 1. The number of rotatable bonds is 7. The number of hydrogen-bond acceptors (Lipinski definition) is 6. The summed E-state index contributed by atoms with van der Waals surface area (Å²) in [4.78, 5) is 18.7. The van der Waals surface area contributed by atoms with E-state index in [0.717, 1.165) is 69.7 Å². The Hall–Kier alpha value is -3.32. The highest BCUT2D eigenvalue weighted by Gasteiger charge is 2.37. The van der Waals surface area contributed by atoms with E-state index < -0.39 is 30.1 Å². The number of likely N-dealkylation sites (tertiary alicyclic amines) is 1. The van der Waals surface area contributed by atoms with Gasteiger partial charge in [-0.15, -0.1) is 0 Å². The minimum atomic E-state index is -4.74. The standard InChI is InChI=1S/C31H37F5N6O2/c32-29(33)44-26-17-24-21(16-25(26)39-28(43)23-2-1-3-27(38-23)31(34,35)36)19-42(40-24)22-6-14-41(15-7-22)18-20-4-8-30(9-5-20)10-12-37-13-11-30/h1-3,16-17,19-20,22,29,37H,4-15,18H2,(H,39,43). The number of carbonyl (C=O) groups is 1. The Labute approximate surface area is 252 Å². The average molecular weight is 621 g/mol. The second-order valence-corrected chi connectivity index (χ2v) is 12.5. The fraction of sp³-hybridized carbons (Fsp3) is 0.581. The van der Waals surface area contributed by atoms with Gasteiger partial charge in [-0.05, 0) is 94.0 Å². The number of nitrogens with one attached hydrogen (secondary N) is 2. The highest BCUT2D eigenvalue weighted by atomic mass is 19.4. The number of piperidine rings is 2. The number of aromatic nitrogens is 3. The van der Waals surface area contributed by atoms with Gasteiger partial charge in [-0.1, -0.05) is 6.07 Å². The fourth-order valence-corrected chi connectivity index (χ4v) is 7.12. The summed E-state index contributed by atoms with van der Waals surface area (Å²) >= 11 is 0. The summed E-state index contributed by atoms with van der Waals surface area (Å²) < 4.78 is 72.2. The summed E-state index contributed by atoms with van der Waals surface area (Å²) in [5.41, 5.74) is -0.886. The van der Waals surface area contributed by atoms with Crippen molar-refractivity contribution >= 4 is 22.5 Å². The largest absolute Gasteiger partial charge is 0.433 e. The Balaban J connectivity index is 1.10. The molecule has 2 aromatic heterocycles. The van der Waals surface area contributed by atoms with Crippen LogP contribution in [-0.4, -0.2) is 64.9 Å². The van der Waals surface area contributed by atoms with Crippen molar-refractivity contribution in [2.45, 2.75) is 70.2 Å². The molecule has 0 bridgehead atoms. The number of benzene rings is 1. The summed E-state index contributed by atoms with van der Waals surface area (Å²) in [5, 5.41) is 11.1. The molecule has 1 aromatic carbocycles. The minimum absolute atomic E-state index is 0.116. The first-order chi connectivity index (χ1) is 21.1. The molecule has 0 unspecified atom stereocenters. The van der Waals surface area contributed by atoms with Gasteiger partial charge in [0.15, 0.2) is 5.75 Å². The number of amides is 1. The number of alkyl halides is 5. The van der Waals surface area contributed by atoms with Crippen LogP contribution in [-0.2, 0) is 6.18 Å². The van der Waals surface area contributed by atoms with Gasteiger partial charge in [-0.3, -0.25) is 9.48 Å². The van der Waals surface area contributed by atoms with Crippen LogP contribution >= 0.6 is 0 Å². The zero-order valence-electron chi connectivity index (χ0n) is 24.4. The maximum atomic E-state index is 13.2. The average Bonchev–Trinajstić information content (AvgIpc) is 3.41. The molecule has 44 heavy (non-hydrogen) atoms. The van der Waals surface area contributed by atoms with Gasteiger partial charge < -0.3 is 20.3 Å². The predicted octanol–water partition coefficient (Wildman–Crippen LogP) is 6.50. The minimum Gasteiger partial charge on any atom is -0.433 e. The zero-order valence-corrected chi connectivity index (χ0v) is 24.4. The zero-order chi connectivity index (χ0) is 30.9. The van der Waals surface area contributed by atoms with Crippen LogP contribution in [0.2, 0.25) is 0 Å². The first-order valence-corrected chi connectivity index (χ1v) is 15.3. The molecule has 8 nitrogen and oxygen atoms in total. The van der Waals surface area contributed by atoms with E-state index in [2.05, 4.69) is 30.4 Å². The van der Waals surface area contributed by atoms with E-state index in [0.29, 0.717) is 16.3 Å². The quantitative estimate of drug-likeness (QED) is 0.294. The third-order valence-electron chi connectivity index (χ3n) is 9.64. The van der Waals surface area contributed by atoms with Crippen LogP contribution in [0, 0.1) is 11.3 Å². The molecule has 1 spiro atoms. The lowest BCUT2D eigenvalue weighted by molar-refractivity contribution is -0.141. The molecule has 0 atom stereocenters. The number of nitrogens with zero attached hydrogens (tertiary/aromatic N) is 4. The number of pyridine rings is 1. The Morgan fingerprint density at radius 2 is 1.80 bits per heavy atom. The van der Waals surface area contributed by atoms with Crippen molar-refractivity contribution in [2.24, 2.45) is 11.3 Å². The van der Waals surface area contributed by atoms with Crippen LogP contribution in [0.3, 0.4) is 0 Å². The molecule has 1 saturated carbocycles. The lowest BCUT2D eigenvalue weighted by Gasteiger charge is -2.44. The predicted molar refractivity (Wildman–Crippen MR) is 155 cm³/mol. The summed E-state index contributed by atoms with van der Waals surface area (Å²) in [5.74, 6) is -0.586. The molecule has 1 amide bonds. The van der Waals surface area contributed by atoms with Crippen LogP contribution in [0.1, 0.15) is 73.6 Å². The van der Waals surface area contributed by atoms with Gasteiger partial charge in [-0.25, -0.2) is 4.98 Å². The van der Waals surface area contributed by atoms with E-state index >= 15 is 0 Å². The third kappa shape index (κ3) is 6.98. The van der Waals surface area contributed by atoms with Gasteiger partial charge in [-0.2, -0.15) is 27.1 Å². The van der Waals surface area contributed by atoms with Crippen LogP contribution in [0.25, 0.3) is 10.9 Å². The van der Waals surface area contributed by atoms with Crippen molar-refractivity contribution in [3.05, 3.63) is 47.9 Å².